The summed E-state index contributed by atoms with van der Waals surface area (Å²) in [6.45, 7) is 11.4. The highest BCUT2D eigenvalue weighted by Gasteiger charge is 2.19. The van der Waals surface area contributed by atoms with Gasteiger partial charge in [-0.05, 0) is 74.0 Å². The number of nitro groups is 1. The molecule has 0 fully saturated rings. The number of fused-ring (bicyclic) bond motifs is 1. The molecule has 7 nitrogen and oxygen atoms in total. The van der Waals surface area contributed by atoms with Crippen LogP contribution in [0.25, 0.3) is 16.3 Å². The fourth-order valence-electron chi connectivity index (χ4n) is 3.33. The number of non-ortho nitro benzene ring substituents is 1. The summed E-state index contributed by atoms with van der Waals surface area (Å²) in [6.07, 6.45) is 3.18. The van der Waals surface area contributed by atoms with Crippen molar-refractivity contribution in [3.8, 4) is 0 Å². The second-order valence-electron chi connectivity index (χ2n) is 7.60. The van der Waals surface area contributed by atoms with Crippen LogP contribution in [0.1, 0.15) is 30.5 Å². The van der Waals surface area contributed by atoms with Crippen molar-refractivity contribution in [1.82, 2.24) is 9.88 Å². The third kappa shape index (κ3) is 6.60. The van der Waals surface area contributed by atoms with Crippen LogP contribution in [0.2, 0.25) is 0 Å². The fourth-order valence-corrected chi connectivity index (χ4v) is 4.41. The zero-order chi connectivity index (χ0) is 23.3. The molecule has 0 unspecified atom stereocenters. The minimum absolute atomic E-state index is 0. The Morgan fingerprint density at radius 2 is 1.73 bits per heavy atom. The van der Waals surface area contributed by atoms with Crippen molar-refractivity contribution in [2.45, 2.75) is 27.7 Å². The molecule has 0 aliphatic heterocycles. The first-order valence-electron chi connectivity index (χ1n) is 10.7. The van der Waals surface area contributed by atoms with E-state index < -0.39 is 4.92 Å². The topological polar surface area (TPSA) is 79.6 Å². The van der Waals surface area contributed by atoms with Gasteiger partial charge in [-0.2, -0.15) is 0 Å². The van der Waals surface area contributed by atoms with E-state index in [0.717, 1.165) is 35.4 Å². The predicted molar refractivity (Wildman–Crippen MR) is 139 cm³/mol. The number of hydrogen-bond donors (Lipinski definition) is 0. The van der Waals surface area contributed by atoms with Crippen LogP contribution < -0.4 is 4.90 Å². The van der Waals surface area contributed by atoms with Gasteiger partial charge in [-0.25, -0.2) is 4.98 Å². The van der Waals surface area contributed by atoms with Gasteiger partial charge in [0.2, 0.25) is 0 Å². The van der Waals surface area contributed by atoms with Crippen LogP contribution in [-0.2, 0) is 4.79 Å². The number of carbonyl (C=O) groups is 1. The third-order valence-corrected chi connectivity index (χ3v) is 6.59. The Hall–Kier alpha value is -2.81. The van der Waals surface area contributed by atoms with E-state index in [1.165, 1.54) is 40.7 Å². The lowest BCUT2D eigenvalue weighted by molar-refractivity contribution is -0.384. The Morgan fingerprint density at radius 3 is 2.33 bits per heavy atom. The Labute approximate surface area is 204 Å². The lowest BCUT2D eigenvalue weighted by Gasteiger charge is -2.23. The number of aryl methyl sites for hydroxylation is 2. The lowest BCUT2D eigenvalue weighted by atomic mass is 10.1. The summed E-state index contributed by atoms with van der Waals surface area (Å²) in [5.74, 6) is -0.164. The Bertz CT molecular complexity index is 1100. The van der Waals surface area contributed by atoms with Crippen molar-refractivity contribution in [2.24, 2.45) is 0 Å². The minimum Gasteiger partial charge on any atom is -0.302 e. The lowest BCUT2D eigenvalue weighted by Crippen LogP contribution is -2.38. The highest BCUT2D eigenvalue weighted by molar-refractivity contribution is 7.22. The van der Waals surface area contributed by atoms with Crippen LogP contribution in [0, 0.1) is 24.0 Å². The maximum Gasteiger partial charge on any atom is 0.269 e. The second kappa shape index (κ2) is 11.9. The average Bonchev–Trinajstić information content (AvgIpc) is 3.17. The molecule has 33 heavy (non-hydrogen) atoms. The first-order chi connectivity index (χ1) is 15.3. The molecule has 1 amide bonds. The number of anilines is 1. The zero-order valence-electron chi connectivity index (χ0n) is 19.3. The number of carbonyl (C=O) groups excluding carboxylic acids is 1. The van der Waals surface area contributed by atoms with Crippen molar-refractivity contribution < 1.29 is 9.72 Å². The maximum absolute atomic E-state index is 13.2. The van der Waals surface area contributed by atoms with Gasteiger partial charge >= 0.3 is 0 Å². The van der Waals surface area contributed by atoms with Crippen LogP contribution in [0.5, 0.6) is 0 Å². The molecular weight excluding hydrogens is 460 g/mol. The number of halogens is 1. The normalized spacial score (nSPS) is 11.2. The van der Waals surface area contributed by atoms with E-state index in [0.29, 0.717) is 11.7 Å². The van der Waals surface area contributed by atoms with E-state index in [4.69, 9.17) is 4.98 Å². The van der Waals surface area contributed by atoms with Crippen molar-refractivity contribution in [3.63, 3.8) is 0 Å². The van der Waals surface area contributed by atoms with Gasteiger partial charge in [-0.15, -0.1) is 12.4 Å². The number of nitro benzene ring substituents is 1. The third-order valence-electron chi connectivity index (χ3n) is 5.55. The van der Waals surface area contributed by atoms with Crippen molar-refractivity contribution >= 4 is 56.8 Å². The Morgan fingerprint density at radius 1 is 1.09 bits per heavy atom. The Kier molecular flexibility index (Phi) is 9.52. The number of thiazole rings is 1. The van der Waals surface area contributed by atoms with Crippen molar-refractivity contribution in [2.75, 3.05) is 31.1 Å². The van der Waals surface area contributed by atoms with Crippen LogP contribution in [0.4, 0.5) is 10.8 Å². The average molecular weight is 489 g/mol. The summed E-state index contributed by atoms with van der Waals surface area (Å²) in [6, 6.07) is 10.3. The molecule has 3 aromatic rings. The number of amides is 1. The molecule has 0 N–H and O–H groups in total. The van der Waals surface area contributed by atoms with Crippen LogP contribution in [0.15, 0.2) is 42.5 Å². The van der Waals surface area contributed by atoms with Gasteiger partial charge in [0.15, 0.2) is 5.13 Å². The molecular formula is C24H29ClN4O3S. The smallest absolute Gasteiger partial charge is 0.269 e. The molecule has 1 aromatic heterocycles. The summed E-state index contributed by atoms with van der Waals surface area (Å²) in [7, 11) is 0. The Balaban J connectivity index is 0.00000385. The maximum atomic E-state index is 13.2. The zero-order valence-corrected chi connectivity index (χ0v) is 20.9. The number of hydrogen-bond acceptors (Lipinski definition) is 6. The van der Waals surface area contributed by atoms with E-state index in [2.05, 4.69) is 44.7 Å². The molecule has 0 saturated carbocycles. The molecule has 0 aliphatic rings. The molecule has 0 atom stereocenters. The number of nitrogens with zero attached hydrogens (tertiary/aromatic N) is 4. The molecule has 176 valence electrons. The van der Waals surface area contributed by atoms with Gasteiger partial charge < -0.3 is 4.90 Å². The second-order valence-corrected chi connectivity index (χ2v) is 8.61. The highest BCUT2D eigenvalue weighted by Crippen LogP contribution is 2.31. The summed E-state index contributed by atoms with van der Waals surface area (Å²) in [4.78, 5) is 32.3. The van der Waals surface area contributed by atoms with Crippen molar-refractivity contribution in [1.29, 1.82) is 0 Å². The van der Waals surface area contributed by atoms with Gasteiger partial charge in [0, 0.05) is 31.3 Å². The highest BCUT2D eigenvalue weighted by atomic mass is 35.5. The SMILES string of the molecule is CCN(CC)CCN(C(=O)C=Cc1ccc([N+](=O)[O-])cc1)c1nc2cc(C)c(C)cc2s1.Cl. The summed E-state index contributed by atoms with van der Waals surface area (Å²) >= 11 is 1.52. The first-order valence-corrected chi connectivity index (χ1v) is 11.5. The van der Waals surface area contributed by atoms with E-state index >= 15 is 0 Å². The standard InChI is InChI=1S/C24H28N4O3S.ClH/c1-5-26(6-2)13-14-27(24-25-21-15-17(3)18(4)16-22(21)32-24)23(29)12-9-19-7-10-20(11-8-19)28(30)31;/h7-12,15-16H,5-6,13-14H2,1-4H3;1H. The minimum atomic E-state index is -0.440. The molecule has 0 saturated heterocycles. The number of rotatable bonds is 9. The molecule has 1 heterocycles. The van der Waals surface area contributed by atoms with Crippen molar-refractivity contribution in [3.05, 3.63) is 69.3 Å². The number of aromatic nitrogens is 1. The predicted octanol–water partition coefficient (Wildman–Crippen LogP) is 5.63. The first kappa shape index (κ1) is 26.4. The van der Waals surface area contributed by atoms with Crippen LogP contribution in [-0.4, -0.2) is 46.9 Å². The number of likely N-dealkylation sites (N-methyl/N-ethyl adjacent to an activating group) is 1. The molecule has 0 aliphatic carbocycles. The molecule has 0 radical (unpaired) electrons. The molecule has 2 aromatic carbocycles. The molecule has 9 heteroatoms. The van der Waals surface area contributed by atoms with E-state index in [9.17, 15) is 14.9 Å². The van der Waals surface area contributed by atoms with E-state index in [1.54, 1.807) is 23.1 Å². The largest absolute Gasteiger partial charge is 0.302 e. The molecule has 3 rings (SSSR count). The van der Waals surface area contributed by atoms with Crippen LogP contribution >= 0.6 is 23.7 Å². The van der Waals surface area contributed by atoms with Crippen LogP contribution in [0.3, 0.4) is 0 Å². The van der Waals surface area contributed by atoms with E-state index in [-0.39, 0.29) is 24.0 Å². The van der Waals surface area contributed by atoms with Gasteiger partial charge in [-0.1, -0.05) is 25.2 Å². The fraction of sp³-hybridized carbons (Fsp3) is 0.333. The molecule has 0 bridgehead atoms. The van der Waals surface area contributed by atoms with Gasteiger partial charge in [-0.3, -0.25) is 19.8 Å². The quantitative estimate of drug-likeness (QED) is 0.221. The van der Waals surface area contributed by atoms with Gasteiger partial charge in [0.25, 0.3) is 11.6 Å². The van der Waals surface area contributed by atoms with Gasteiger partial charge in [0.05, 0.1) is 15.1 Å². The molecule has 0 spiro atoms. The summed E-state index contributed by atoms with van der Waals surface area (Å²) < 4.78 is 1.06. The van der Waals surface area contributed by atoms with E-state index in [1.807, 2.05) is 0 Å². The monoisotopic (exact) mass is 488 g/mol. The summed E-state index contributed by atoms with van der Waals surface area (Å²) in [5.41, 5.74) is 4.02. The van der Waals surface area contributed by atoms with Gasteiger partial charge in [0.1, 0.15) is 0 Å². The summed E-state index contributed by atoms with van der Waals surface area (Å²) in [5, 5.41) is 11.5. The number of benzene rings is 2.